The third-order valence-electron chi connectivity index (χ3n) is 6.59. The second kappa shape index (κ2) is 11.1. The van der Waals surface area contributed by atoms with E-state index >= 15 is 0 Å². The molecule has 2 aromatic carbocycles. The minimum absolute atomic E-state index is 0.0169. The average molecular weight is 503 g/mol. The maximum Gasteiger partial charge on any atom is 0.439 e. The Morgan fingerprint density at radius 2 is 1.76 bits per heavy atom. The van der Waals surface area contributed by atoms with Gasteiger partial charge in [0.15, 0.2) is 5.82 Å². The summed E-state index contributed by atoms with van der Waals surface area (Å²) in [6.07, 6.45) is 3.22. The number of aliphatic hydroxyl groups is 1. The van der Waals surface area contributed by atoms with Crippen LogP contribution in [-0.2, 0) is 19.4 Å². The van der Waals surface area contributed by atoms with E-state index in [0.717, 1.165) is 47.2 Å². The molecule has 0 spiro atoms. The Hall–Kier alpha value is -3.78. The fraction of sp³-hybridized carbons (Fsp3) is 0.379. The zero-order valence-electron chi connectivity index (χ0n) is 21.9. The first-order valence-electron chi connectivity index (χ1n) is 12.7. The van der Waals surface area contributed by atoms with Crippen molar-refractivity contribution >= 4 is 0 Å². The van der Waals surface area contributed by atoms with E-state index in [1.54, 1.807) is 4.57 Å². The first-order chi connectivity index (χ1) is 17.7. The molecule has 2 heterocycles. The number of aliphatic hydroxyl groups excluding tert-OH is 1. The molecule has 0 bridgehead atoms. The summed E-state index contributed by atoms with van der Waals surface area (Å²) in [5, 5.41) is 13.6. The van der Waals surface area contributed by atoms with Crippen LogP contribution in [0.2, 0.25) is 0 Å². The van der Waals surface area contributed by atoms with E-state index in [1.807, 2.05) is 69.3 Å². The highest BCUT2D eigenvalue weighted by atomic mass is 16.5. The highest BCUT2D eigenvalue weighted by Crippen LogP contribution is 2.30. The number of rotatable bonds is 10. The van der Waals surface area contributed by atoms with Crippen LogP contribution in [0, 0.1) is 12.3 Å². The van der Waals surface area contributed by atoms with E-state index in [-0.39, 0.29) is 12.2 Å². The Bertz CT molecular complexity index is 1480. The highest BCUT2D eigenvalue weighted by Gasteiger charge is 2.22. The van der Waals surface area contributed by atoms with Crippen molar-refractivity contribution in [1.29, 1.82) is 0 Å². The molecule has 0 atom stereocenters. The first kappa shape index (κ1) is 26.3. The number of aromatic nitrogens is 4. The van der Waals surface area contributed by atoms with E-state index in [1.165, 1.54) is 0 Å². The van der Waals surface area contributed by atoms with Crippen molar-refractivity contribution in [2.75, 3.05) is 6.61 Å². The van der Waals surface area contributed by atoms with E-state index in [0.29, 0.717) is 30.2 Å². The van der Waals surface area contributed by atoms with Crippen molar-refractivity contribution in [2.24, 2.45) is 5.41 Å². The smallest absolute Gasteiger partial charge is 0.396 e. The molecule has 2 N–H and O–H groups in total. The van der Waals surface area contributed by atoms with Gasteiger partial charge in [-0.05, 0) is 36.5 Å². The van der Waals surface area contributed by atoms with Gasteiger partial charge in [-0.25, -0.2) is 9.78 Å². The van der Waals surface area contributed by atoms with Gasteiger partial charge in [-0.1, -0.05) is 80.9 Å². The molecule has 0 amide bonds. The Balaban J connectivity index is 1.69. The van der Waals surface area contributed by atoms with Crippen molar-refractivity contribution in [3.8, 4) is 22.5 Å². The van der Waals surface area contributed by atoms with Crippen LogP contribution in [0.3, 0.4) is 0 Å². The second-order valence-corrected chi connectivity index (χ2v) is 10.3. The van der Waals surface area contributed by atoms with Crippen LogP contribution in [0.25, 0.3) is 22.5 Å². The van der Waals surface area contributed by atoms with Gasteiger partial charge in [0.1, 0.15) is 5.82 Å². The van der Waals surface area contributed by atoms with Crippen LogP contribution >= 0.6 is 0 Å². The average Bonchev–Trinajstić information content (AvgIpc) is 3.33. The predicted molar refractivity (Wildman–Crippen MR) is 144 cm³/mol. The third-order valence-corrected chi connectivity index (χ3v) is 6.59. The van der Waals surface area contributed by atoms with E-state index in [9.17, 15) is 14.7 Å². The molecular weight excluding hydrogens is 468 g/mol. The number of benzene rings is 2. The number of nitrogens with one attached hydrogen (secondary N) is 1. The Morgan fingerprint density at radius 1 is 1.05 bits per heavy atom. The lowest BCUT2D eigenvalue weighted by Crippen LogP contribution is -2.35. The van der Waals surface area contributed by atoms with Gasteiger partial charge in [0.25, 0.3) is 5.56 Å². The largest absolute Gasteiger partial charge is 0.439 e. The molecule has 194 valence electrons. The quantitative estimate of drug-likeness (QED) is 0.330. The minimum atomic E-state index is -0.598. The minimum Gasteiger partial charge on any atom is -0.396 e. The molecule has 0 unspecified atom stereocenters. The molecule has 0 aliphatic carbocycles. The van der Waals surface area contributed by atoms with Gasteiger partial charge < -0.3 is 5.11 Å². The summed E-state index contributed by atoms with van der Waals surface area (Å²) in [7, 11) is 0. The van der Waals surface area contributed by atoms with Crippen LogP contribution in [-0.4, -0.2) is 31.4 Å². The summed E-state index contributed by atoms with van der Waals surface area (Å²) in [5.74, 6) is 0.459. The molecule has 4 rings (SSSR count). The van der Waals surface area contributed by atoms with Crippen LogP contribution < -0.4 is 11.3 Å². The van der Waals surface area contributed by atoms with Crippen LogP contribution in [0.4, 0.5) is 0 Å². The van der Waals surface area contributed by atoms with Gasteiger partial charge in [0.05, 0.1) is 5.69 Å². The van der Waals surface area contributed by atoms with E-state index < -0.39 is 11.2 Å². The summed E-state index contributed by atoms with van der Waals surface area (Å²) in [5.41, 5.74) is 4.73. The fourth-order valence-corrected chi connectivity index (χ4v) is 4.44. The molecular formula is C29H34N4O4. The number of hydrogen-bond acceptors (Lipinski definition) is 6. The Morgan fingerprint density at radius 3 is 2.38 bits per heavy atom. The van der Waals surface area contributed by atoms with Crippen LogP contribution in [0.15, 0.2) is 62.6 Å². The normalized spacial score (nSPS) is 11.7. The number of nitrogens with zero attached hydrogens (tertiary/aromatic N) is 3. The topological polar surface area (TPSA) is 114 Å². The van der Waals surface area contributed by atoms with Crippen molar-refractivity contribution in [3.63, 3.8) is 0 Å². The van der Waals surface area contributed by atoms with Gasteiger partial charge in [-0.15, -0.1) is 0 Å². The van der Waals surface area contributed by atoms with Crippen molar-refractivity contribution in [2.45, 2.75) is 59.9 Å². The monoisotopic (exact) mass is 502 g/mol. The molecule has 0 saturated heterocycles. The zero-order valence-corrected chi connectivity index (χ0v) is 21.9. The summed E-state index contributed by atoms with van der Waals surface area (Å²) >= 11 is 0. The molecule has 2 aromatic heterocycles. The lowest BCUT2D eigenvalue weighted by molar-refractivity contribution is 0.138. The van der Waals surface area contributed by atoms with E-state index in [4.69, 9.17) is 4.98 Å². The summed E-state index contributed by atoms with van der Waals surface area (Å²) in [6.45, 7) is 8.26. The molecule has 0 fully saturated rings. The van der Waals surface area contributed by atoms with Crippen molar-refractivity contribution in [1.82, 2.24) is 19.7 Å². The standard InChI is InChI=1S/C29H34N4O4/c1-5-6-11-25-24(27(35)33(19(2)30-25)17-29(3,4)18-34)16-20-12-14-21(15-13-20)22-9-7-8-10-23(22)26-31-28(36)37-32-26/h7-10,12-15,34H,5-6,11,16-18H2,1-4H3,(H,31,32,36). The molecule has 0 saturated carbocycles. The van der Waals surface area contributed by atoms with Crippen LogP contribution in [0.5, 0.6) is 0 Å². The maximum absolute atomic E-state index is 13.7. The molecule has 4 aromatic rings. The number of aromatic amines is 1. The maximum atomic E-state index is 13.7. The molecule has 0 radical (unpaired) electrons. The number of unbranched alkanes of at least 4 members (excludes halogenated alkanes) is 1. The fourth-order valence-electron chi connectivity index (χ4n) is 4.44. The summed E-state index contributed by atoms with van der Waals surface area (Å²) in [6, 6.07) is 15.7. The number of H-pyrrole nitrogens is 1. The van der Waals surface area contributed by atoms with Gasteiger partial charge in [0, 0.05) is 36.1 Å². The Labute approximate surface area is 216 Å². The Kier molecular flexibility index (Phi) is 7.88. The molecule has 37 heavy (non-hydrogen) atoms. The SMILES string of the molecule is CCCCc1nc(C)n(CC(C)(C)CO)c(=O)c1Cc1ccc(-c2ccccc2-c2noc(=O)[nH]2)cc1. The molecule has 8 heteroatoms. The van der Waals surface area contributed by atoms with E-state index in [2.05, 4.69) is 21.6 Å². The first-order valence-corrected chi connectivity index (χ1v) is 12.7. The molecule has 8 nitrogen and oxygen atoms in total. The van der Waals surface area contributed by atoms with Gasteiger partial charge in [0.2, 0.25) is 0 Å². The predicted octanol–water partition coefficient (Wildman–Crippen LogP) is 4.51. The molecule has 0 aliphatic rings. The molecule has 0 aliphatic heterocycles. The summed E-state index contributed by atoms with van der Waals surface area (Å²) < 4.78 is 6.39. The zero-order chi connectivity index (χ0) is 26.6. The lowest BCUT2D eigenvalue weighted by Gasteiger charge is -2.25. The van der Waals surface area contributed by atoms with Gasteiger partial charge in [-0.2, -0.15) is 0 Å². The number of aryl methyl sites for hydroxylation is 2. The van der Waals surface area contributed by atoms with Gasteiger partial charge in [-0.3, -0.25) is 18.9 Å². The van der Waals surface area contributed by atoms with Crippen LogP contribution in [0.1, 0.15) is 56.3 Å². The lowest BCUT2D eigenvalue weighted by atomic mass is 9.94. The summed E-state index contributed by atoms with van der Waals surface area (Å²) in [4.78, 5) is 32.6. The van der Waals surface area contributed by atoms with Crippen molar-refractivity contribution in [3.05, 3.63) is 92.1 Å². The highest BCUT2D eigenvalue weighted by molar-refractivity contribution is 5.80. The van der Waals surface area contributed by atoms with Crippen molar-refractivity contribution < 1.29 is 9.63 Å². The van der Waals surface area contributed by atoms with Gasteiger partial charge >= 0.3 is 5.76 Å². The second-order valence-electron chi connectivity index (χ2n) is 10.3. The third kappa shape index (κ3) is 5.97. The number of hydrogen-bond donors (Lipinski definition) is 2.